The smallest absolute Gasteiger partial charge is 0.264 e. The Morgan fingerprint density at radius 3 is 2.62 bits per heavy atom. The Kier molecular flexibility index (Phi) is 3.46. The van der Waals surface area contributed by atoms with Crippen LogP contribution in [0.5, 0.6) is 0 Å². The van der Waals surface area contributed by atoms with Gasteiger partial charge in [0.2, 0.25) is 0 Å². The third-order valence-electron chi connectivity index (χ3n) is 3.79. The van der Waals surface area contributed by atoms with Gasteiger partial charge in [-0.05, 0) is 42.1 Å². The Balaban J connectivity index is 1.95. The average Bonchev–Trinajstić information content (AvgIpc) is 3.10. The van der Waals surface area contributed by atoms with Gasteiger partial charge in [0.05, 0.1) is 10.4 Å². The number of amides is 1. The van der Waals surface area contributed by atoms with Crippen LogP contribution >= 0.6 is 11.8 Å². The van der Waals surface area contributed by atoms with Gasteiger partial charge in [0, 0.05) is 22.8 Å². The van der Waals surface area contributed by atoms with Gasteiger partial charge < -0.3 is 9.88 Å². The van der Waals surface area contributed by atoms with Crippen molar-refractivity contribution < 1.29 is 9.18 Å². The monoisotopic (exact) mass is 337 g/mol. The molecule has 1 fully saturated rings. The van der Waals surface area contributed by atoms with E-state index < -0.39 is 0 Å². The Morgan fingerprint density at radius 2 is 1.92 bits per heavy atom. The molecule has 0 spiro atoms. The van der Waals surface area contributed by atoms with Crippen LogP contribution in [0.3, 0.4) is 0 Å². The van der Waals surface area contributed by atoms with E-state index in [0.29, 0.717) is 15.9 Å². The van der Waals surface area contributed by atoms with Crippen LogP contribution < -0.4 is 5.32 Å². The van der Waals surface area contributed by atoms with Crippen LogP contribution in [0.15, 0.2) is 59.6 Å². The van der Waals surface area contributed by atoms with Gasteiger partial charge in [-0.1, -0.05) is 24.3 Å². The second-order valence-corrected chi connectivity index (χ2v) is 6.37. The van der Waals surface area contributed by atoms with Gasteiger partial charge in [-0.3, -0.25) is 10.2 Å². The van der Waals surface area contributed by atoms with Crippen LogP contribution in [0.4, 0.5) is 4.39 Å². The Hall–Kier alpha value is -2.86. The number of rotatable bonds is 2. The summed E-state index contributed by atoms with van der Waals surface area (Å²) in [4.78, 5) is 12.2. The van der Waals surface area contributed by atoms with E-state index in [1.165, 1.54) is 6.07 Å². The van der Waals surface area contributed by atoms with Crippen molar-refractivity contribution >= 4 is 39.8 Å². The van der Waals surface area contributed by atoms with Crippen molar-refractivity contribution in [1.29, 1.82) is 5.41 Å². The SMILES string of the molecule is N=C1NC(=O)/C(=C/c2cn(-c3ccccc3)c3cccc(F)c23)S1. The van der Waals surface area contributed by atoms with Crippen molar-refractivity contribution in [2.75, 3.05) is 0 Å². The highest BCUT2D eigenvalue weighted by Gasteiger charge is 2.23. The number of fused-ring (bicyclic) bond motifs is 1. The first-order chi connectivity index (χ1) is 11.6. The van der Waals surface area contributed by atoms with Crippen molar-refractivity contribution in [3.63, 3.8) is 0 Å². The van der Waals surface area contributed by atoms with Gasteiger partial charge in [0.15, 0.2) is 5.17 Å². The topological polar surface area (TPSA) is 57.9 Å². The van der Waals surface area contributed by atoms with Crippen molar-refractivity contribution in [3.05, 3.63) is 71.0 Å². The summed E-state index contributed by atoms with van der Waals surface area (Å²) >= 11 is 1.04. The maximum absolute atomic E-state index is 14.4. The van der Waals surface area contributed by atoms with Crippen molar-refractivity contribution in [1.82, 2.24) is 9.88 Å². The van der Waals surface area contributed by atoms with E-state index in [2.05, 4.69) is 5.32 Å². The van der Waals surface area contributed by atoms with Gasteiger partial charge in [-0.15, -0.1) is 0 Å². The number of nitrogens with one attached hydrogen (secondary N) is 2. The molecule has 0 aliphatic carbocycles. The van der Waals surface area contributed by atoms with Crippen molar-refractivity contribution in [3.8, 4) is 5.69 Å². The number of nitrogens with zero attached hydrogens (tertiary/aromatic N) is 1. The van der Waals surface area contributed by atoms with Gasteiger partial charge in [0.1, 0.15) is 5.82 Å². The zero-order valence-electron chi connectivity index (χ0n) is 12.4. The molecule has 1 aliphatic heterocycles. The van der Waals surface area contributed by atoms with Crippen LogP contribution in [-0.4, -0.2) is 15.6 Å². The lowest BCUT2D eigenvalue weighted by Gasteiger charge is -2.04. The summed E-state index contributed by atoms with van der Waals surface area (Å²) in [5.41, 5.74) is 2.25. The molecule has 4 rings (SSSR count). The highest BCUT2D eigenvalue weighted by atomic mass is 32.2. The molecule has 0 atom stereocenters. The van der Waals surface area contributed by atoms with Gasteiger partial charge >= 0.3 is 0 Å². The van der Waals surface area contributed by atoms with Crippen LogP contribution in [0, 0.1) is 11.2 Å². The standard InChI is InChI=1S/C18H12FN3OS/c19-13-7-4-8-14-16(13)11(9-15-17(23)21-18(20)24-15)10-22(14)12-5-2-1-3-6-12/h1-10H,(H2,20,21,23)/b15-9-. The minimum Gasteiger partial charge on any atom is -0.316 e. The number of halogens is 1. The molecule has 2 N–H and O–H groups in total. The molecule has 2 aromatic carbocycles. The summed E-state index contributed by atoms with van der Waals surface area (Å²) in [5.74, 6) is -0.672. The highest BCUT2D eigenvalue weighted by molar-refractivity contribution is 8.18. The van der Waals surface area contributed by atoms with Crippen molar-refractivity contribution in [2.45, 2.75) is 0 Å². The lowest BCUT2D eigenvalue weighted by atomic mass is 10.1. The molecule has 118 valence electrons. The Bertz CT molecular complexity index is 1010. The number of benzene rings is 2. The number of hydrogen-bond acceptors (Lipinski definition) is 3. The summed E-state index contributed by atoms with van der Waals surface area (Å²) in [6.45, 7) is 0. The van der Waals surface area contributed by atoms with E-state index >= 15 is 0 Å². The van der Waals surface area contributed by atoms with E-state index in [9.17, 15) is 9.18 Å². The van der Waals surface area contributed by atoms with E-state index in [0.717, 1.165) is 23.0 Å². The summed E-state index contributed by atoms with van der Waals surface area (Å²) < 4.78 is 16.3. The lowest BCUT2D eigenvalue weighted by Crippen LogP contribution is -2.18. The molecule has 0 unspecified atom stereocenters. The molecule has 1 amide bonds. The Labute approximate surface area is 141 Å². The summed E-state index contributed by atoms with van der Waals surface area (Å²) in [7, 11) is 0. The van der Waals surface area contributed by atoms with E-state index in [1.54, 1.807) is 12.1 Å². The molecule has 1 saturated heterocycles. The molecule has 0 radical (unpaired) electrons. The van der Waals surface area contributed by atoms with E-state index in [4.69, 9.17) is 5.41 Å². The predicted molar refractivity (Wildman–Crippen MR) is 94.7 cm³/mol. The van der Waals surface area contributed by atoms with E-state index in [-0.39, 0.29) is 16.9 Å². The van der Waals surface area contributed by atoms with Crippen molar-refractivity contribution in [2.24, 2.45) is 0 Å². The quantitative estimate of drug-likeness (QED) is 0.697. The number of carbonyl (C=O) groups excluding carboxylic acids is 1. The fourth-order valence-corrected chi connectivity index (χ4v) is 3.46. The maximum Gasteiger partial charge on any atom is 0.264 e. The number of amidine groups is 1. The molecule has 0 saturated carbocycles. The molecular weight excluding hydrogens is 325 g/mol. The van der Waals surface area contributed by atoms with Crippen LogP contribution in [0.25, 0.3) is 22.7 Å². The molecule has 4 nitrogen and oxygen atoms in total. The molecular formula is C18H12FN3OS. The predicted octanol–water partition coefficient (Wildman–Crippen LogP) is 3.91. The number of hydrogen-bond donors (Lipinski definition) is 2. The summed E-state index contributed by atoms with van der Waals surface area (Å²) in [6.07, 6.45) is 3.44. The molecule has 3 aromatic rings. The van der Waals surface area contributed by atoms with E-state index in [1.807, 2.05) is 47.2 Å². The normalized spacial score (nSPS) is 16.1. The molecule has 2 heterocycles. The fourth-order valence-electron chi connectivity index (χ4n) is 2.77. The largest absolute Gasteiger partial charge is 0.316 e. The van der Waals surface area contributed by atoms with Crippen LogP contribution in [0.1, 0.15) is 5.56 Å². The zero-order valence-corrected chi connectivity index (χ0v) is 13.2. The number of para-hydroxylation sites is 1. The van der Waals surface area contributed by atoms with Gasteiger partial charge in [-0.25, -0.2) is 4.39 Å². The first-order valence-electron chi connectivity index (χ1n) is 7.28. The van der Waals surface area contributed by atoms with Crippen LogP contribution in [-0.2, 0) is 4.79 Å². The highest BCUT2D eigenvalue weighted by Crippen LogP contribution is 2.32. The minimum atomic E-state index is -0.340. The number of thioether (sulfide) groups is 1. The molecule has 0 bridgehead atoms. The third kappa shape index (κ3) is 2.41. The number of aromatic nitrogens is 1. The molecule has 24 heavy (non-hydrogen) atoms. The molecule has 1 aromatic heterocycles. The average molecular weight is 337 g/mol. The van der Waals surface area contributed by atoms with Gasteiger partial charge in [-0.2, -0.15) is 0 Å². The summed E-state index contributed by atoms with van der Waals surface area (Å²) in [5, 5.41) is 10.5. The van der Waals surface area contributed by atoms with Gasteiger partial charge in [0.25, 0.3) is 5.91 Å². The summed E-state index contributed by atoms with van der Waals surface area (Å²) in [6, 6.07) is 14.5. The lowest BCUT2D eigenvalue weighted by molar-refractivity contribution is -0.115. The maximum atomic E-state index is 14.4. The first-order valence-corrected chi connectivity index (χ1v) is 8.09. The zero-order chi connectivity index (χ0) is 16.7. The Morgan fingerprint density at radius 1 is 1.12 bits per heavy atom. The molecule has 1 aliphatic rings. The molecule has 6 heteroatoms. The third-order valence-corrected chi connectivity index (χ3v) is 4.62. The second-order valence-electron chi connectivity index (χ2n) is 5.32. The number of carbonyl (C=O) groups is 1. The second kappa shape index (κ2) is 5.65. The van der Waals surface area contributed by atoms with Crippen LogP contribution in [0.2, 0.25) is 0 Å². The fraction of sp³-hybridized carbons (Fsp3) is 0. The first kappa shape index (κ1) is 14.7. The minimum absolute atomic E-state index is 0.0820.